The van der Waals surface area contributed by atoms with Gasteiger partial charge in [0.05, 0.1) is 5.88 Å². The van der Waals surface area contributed by atoms with Crippen LogP contribution in [0.15, 0.2) is 23.2 Å². The number of rotatable bonds is 2. The van der Waals surface area contributed by atoms with Crippen LogP contribution >= 0.6 is 11.6 Å². The van der Waals surface area contributed by atoms with Crippen LogP contribution in [0.5, 0.6) is 0 Å². The molecule has 1 aromatic carbocycles. The summed E-state index contributed by atoms with van der Waals surface area (Å²) in [6.45, 7) is 1.67. The fourth-order valence-corrected chi connectivity index (χ4v) is 0.963. The molecule has 2 nitrogen and oxygen atoms in total. The Morgan fingerprint density at radius 2 is 2.31 bits per heavy atom. The highest BCUT2D eigenvalue weighted by atomic mass is 35.5. The highest BCUT2D eigenvalue weighted by Crippen LogP contribution is 2.19. The number of nitrogens with two attached hydrogens (primary N) is 1. The Balaban J connectivity index is 3.09. The summed E-state index contributed by atoms with van der Waals surface area (Å²) in [5, 5.41) is 0. The molecule has 0 saturated heterocycles. The average Bonchev–Trinajstić information content (AvgIpc) is 2.13. The van der Waals surface area contributed by atoms with Crippen molar-refractivity contribution in [2.24, 2.45) is 10.7 Å². The number of amidine groups is 1. The highest BCUT2D eigenvalue weighted by Gasteiger charge is 2.03. The number of nitrogens with zero attached hydrogens (tertiary/aromatic N) is 1. The number of benzene rings is 1. The van der Waals surface area contributed by atoms with Gasteiger partial charge in [-0.05, 0) is 18.6 Å². The van der Waals surface area contributed by atoms with Gasteiger partial charge < -0.3 is 5.73 Å². The Bertz CT molecular complexity index is 336. The van der Waals surface area contributed by atoms with Gasteiger partial charge in [0.25, 0.3) is 0 Å². The summed E-state index contributed by atoms with van der Waals surface area (Å²) < 4.78 is 13.3. The monoisotopic (exact) mass is 200 g/mol. The lowest BCUT2D eigenvalue weighted by Crippen LogP contribution is -2.12. The standard InChI is InChI=1S/C9H10ClFN2/c1-6-3-2-4-7(9(6)11)13-8(12)5-10/h2-4H,5H2,1H3,(H2,12,13). The van der Waals surface area contributed by atoms with Crippen LogP contribution in [0.2, 0.25) is 0 Å². The van der Waals surface area contributed by atoms with Crippen molar-refractivity contribution in [3.63, 3.8) is 0 Å². The molecule has 0 aliphatic carbocycles. The average molecular weight is 201 g/mol. The van der Waals surface area contributed by atoms with Crippen LogP contribution in [-0.4, -0.2) is 11.7 Å². The lowest BCUT2D eigenvalue weighted by atomic mass is 10.2. The van der Waals surface area contributed by atoms with Gasteiger partial charge in [0.2, 0.25) is 0 Å². The van der Waals surface area contributed by atoms with Crippen molar-refractivity contribution in [3.8, 4) is 0 Å². The third kappa shape index (κ3) is 2.42. The number of hydrogen-bond acceptors (Lipinski definition) is 1. The maximum Gasteiger partial charge on any atom is 0.151 e. The summed E-state index contributed by atoms with van der Waals surface area (Å²) in [6.07, 6.45) is 0. The van der Waals surface area contributed by atoms with Crippen LogP contribution < -0.4 is 5.73 Å². The van der Waals surface area contributed by atoms with Gasteiger partial charge in [-0.25, -0.2) is 9.38 Å². The van der Waals surface area contributed by atoms with E-state index in [1.165, 1.54) is 0 Å². The van der Waals surface area contributed by atoms with E-state index in [-0.39, 0.29) is 23.2 Å². The molecule has 2 N–H and O–H groups in total. The van der Waals surface area contributed by atoms with Gasteiger partial charge in [-0.3, -0.25) is 0 Å². The van der Waals surface area contributed by atoms with E-state index in [0.717, 1.165) is 0 Å². The maximum absolute atomic E-state index is 13.3. The van der Waals surface area contributed by atoms with E-state index in [4.69, 9.17) is 17.3 Å². The van der Waals surface area contributed by atoms with E-state index in [2.05, 4.69) is 4.99 Å². The Hall–Kier alpha value is -1.09. The molecule has 0 fully saturated rings. The van der Waals surface area contributed by atoms with Gasteiger partial charge in [-0.1, -0.05) is 12.1 Å². The Labute approximate surface area is 81.2 Å². The Morgan fingerprint density at radius 1 is 1.62 bits per heavy atom. The van der Waals surface area contributed by atoms with Crippen LogP contribution in [0.25, 0.3) is 0 Å². The molecule has 13 heavy (non-hydrogen) atoms. The van der Waals surface area contributed by atoms with Crippen molar-refractivity contribution < 1.29 is 4.39 Å². The molecule has 1 aromatic rings. The Morgan fingerprint density at radius 3 is 2.92 bits per heavy atom. The fourth-order valence-electron chi connectivity index (χ4n) is 0.903. The second-order valence-electron chi connectivity index (χ2n) is 2.64. The summed E-state index contributed by atoms with van der Waals surface area (Å²) in [4.78, 5) is 3.83. The van der Waals surface area contributed by atoms with Crippen LogP contribution in [0.4, 0.5) is 10.1 Å². The van der Waals surface area contributed by atoms with Crippen LogP contribution in [0.3, 0.4) is 0 Å². The molecule has 0 amide bonds. The lowest BCUT2D eigenvalue weighted by molar-refractivity contribution is 0.620. The molecule has 0 unspecified atom stereocenters. The quantitative estimate of drug-likeness (QED) is 0.444. The second kappa shape index (κ2) is 4.23. The topological polar surface area (TPSA) is 38.4 Å². The van der Waals surface area contributed by atoms with Crippen LogP contribution in [-0.2, 0) is 0 Å². The molecule has 0 bridgehead atoms. The first-order valence-electron chi connectivity index (χ1n) is 3.79. The number of aliphatic imine (C=N–C) groups is 1. The smallest absolute Gasteiger partial charge is 0.151 e. The van der Waals surface area contributed by atoms with E-state index in [0.29, 0.717) is 5.56 Å². The molecular weight excluding hydrogens is 191 g/mol. The third-order valence-electron chi connectivity index (χ3n) is 1.57. The van der Waals surface area contributed by atoms with Gasteiger partial charge in [0, 0.05) is 0 Å². The molecule has 70 valence electrons. The number of alkyl halides is 1. The van der Waals surface area contributed by atoms with Crippen molar-refractivity contribution in [2.45, 2.75) is 6.92 Å². The minimum absolute atomic E-state index is 0.105. The maximum atomic E-state index is 13.3. The first-order chi connectivity index (χ1) is 6.15. The van der Waals surface area contributed by atoms with E-state index in [9.17, 15) is 4.39 Å². The van der Waals surface area contributed by atoms with E-state index < -0.39 is 0 Å². The molecule has 1 rings (SSSR count). The van der Waals surface area contributed by atoms with Crippen molar-refractivity contribution in [1.82, 2.24) is 0 Å². The van der Waals surface area contributed by atoms with Gasteiger partial charge in [-0.2, -0.15) is 0 Å². The molecule has 0 spiro atoms. The number of aryl methyl sites for hydroxylation is 1. The highest BCUT2D eigenvalue weighted by molar-refractivity contribution is 6.28. The summed E-state index contributed by atoms with van der Waals surface area (Å²) in [6, 6.07) is 4.95. The lowest BCUT2D eigenvalue weighted by Gasteiger charge is -2.00. The van der Waals surface area contributed by atoms with Crippen molar-refractivity contribution in [1.29, 1.82) is 0 Å². The van der Waals surface area contributed by atoms with Gasteiger partial charge >= 0.3 is 0 Å². The number of hydrogen-bond donors (Lipinski definition) is 1. The van der Waals surface area contributed by atoms with E-state index in [1.807, 2.05) is 0 Å². The van der Waals surface area contributed by atoms with Crippen LogP contribution in [0, 0.1) is 12.7 Å². The Kier molecular flexibility index (Phi) is 3.25. The number of halogens is 2. The molecule has 0 heterocycles. The minimum atomic E-state index is -0.351. The summed E-state index contributed by atoms with van der Waals surface area (Å²) >= 11 is 5.42. The van der Waals surface area contributed by atoms with Crippen molar-refractivity contribution >= 4 is 23.1 Å². The zero-order valence-corrected chi connectivity index (χ0v) is 7.98. The van der Waals surface area contributed by atoms with E-state index in [1.54, 1.807) is 25.1 Å². The largest absolute Gasteiger partial charge is 0.386 e. The van der Waals surface area contributed by atoms with E-state index >= 15 is 0 Å². The van der Waals surface area contributed by atoms with Gasteiger partial charge in [0.1, 0.15) is 11.5 Å². The first kappa shape index (κ1) is 9.99. The zero-order chi connectivity index (χ0) is 9.84. The normalized spacial score (nSPS) is 11.8. The molecule has 0 aliphatic rings. The van der Waals surface area contributed by atoms with Crippen molar-refractivity contribution in [3.05, 3.63) is 29.6 Å². The predicted molar refractivity (Wildman–Crippen MR) is 53.1 cm³/mol. The molecule has 4 heteroatoms. The summed E-state index contributed by atoms with van der Waals surface area (Å²) in [5.41, 5.74) is 6.15. The summed E-state index contributed by atoms with van der Waals surface area (Å²) in [5.74, 6) is -0.0327. The first-order valence-corrected chi connectivity index (χ1v) is 4.32. The molecule has 0 atom stereocenters. The van der Waals surface area contributed by atoms with Crippen LogP contribution in [0.1, 0.15) is 5.56 Å². The molecule has 0 radical (unpaired) electrons. The van der Waals surface area contributed by atoms with Gasteiger partial charge in [0.15, 0.2) is 5.82 Å². The molecule has 0 saturated carbocycles. The van der Waals surface area contributed by atoms with Gasteiger partial charge in [-0.15, -0.1) is 11.6 Å². The zero-order valence-electron chi connectivity index (χ0n) is 7.22. The SMILES string of the molecule is Cc1cccc(N=C(N)CCl)c1F. The molecular formula is C9H10ClFN2. The van der Waals surface area contributed by atoms with Crippen molar-refractivity contribution in [2.75, 3.05) is 5.88 Å². The minimum Gasteiger partial charge on any atom is -0.386 e. The fraction of sp³-hybridized carbons (Fsp3) is 0.222. The molecule has 0 aliphatic heterocycles. The summed E-state index contributed by atoms with van der Waals surface area (Å²) in [7, 11) is 0. The molecule has 0 aromatic heterocycles. The third-order valence-corrected chi connectivity index (χ3v) is 1.85. The second-order valence-corrected chi connectivity index (χ2v) is 2.91. The predicted octanol–water partition coefficient (Wildman–Crippen LogP) is 2.36.